The highest BCUT2D eigenvalue weighted by Crippen LogP contribution is 2.64. The number of carbonyl (C=O) groups is 2. The number of ketones is 1. The van der Waals surface area contributed by atoms with Crippen molar-refractivity contribution in [1.29, 1.82) is 0 Å². The Balaban J connectivity index is 1.52. The Bertz CT molecular complexity index is 994. The van der Waals surface area contributed by atoms with Crippen molar-refractivity contribution >= 4 is 33.4 Å². The van der Waals surface area contributed by atoms with Crippen LogP contribution in [-0.4, -0.2) is 23.3 Å². The molecule has 172 valence electrons. The van der Waals surface area contributed by atoms with Crippen LogP contribution in [0.3, 0.4) is 0 Å². The molecule has 1 aromatic carbocycles. The van der Waals surface area contributed by atoms with Gasteiger partial charge in [-0.05, 0) is 92.4 Å². The Kier molecular flexibility index (Phi) is 5.35. The molecule has 2 amide bonds. The van der Waals surface area contributed by atoms with Gasteiger partial charge in [0.1, 0.15) is 0 Å². The first-order valence-electron chi connectivity index (χ1n) is 12.2. The molecule has 3 fully saturated rings. The minimum absolute atomic E-state index is 0.0885. The Morgan fingerprint density at radius 1 is 1.09 bits per heavy atom. The van der Waals surface area contributed by atoms with Crippen molar-refractivity contribution in [2.75, 3.05) is 11.9 Å². The van der Waals surface area contributed by atoms with E-state index in [-0.39, 0.29) is 17.2 Å². The minimum atomic E-state index is -0.0953. The molecule has 0 radical (unpaired) electrons. The fourth-order valence-electron chi connectivity index (χ4n) is 7.77. The Hall–Kier alpha value is -1.62. The molecule has 5 rings (SSSR count). The van der Waals surface area contributed by atoms with Crippen molar-refractivity contribution in [2.45, 2.75) is 72.6 Å². The molecule has 4 nitrogen and oxygen atoms in total. The number of aryl methyl sites for hydroxylation is 2. The van der Waals surface area contributed by atoms with Gasteiger partial charge >= 0.3 is 6.03 Å². The van der Waals surface area contributed by atoms with E-state index in [0.717, 1.165) is 39.9 Å². The third kappa shape index (κ3) is 3.38. The molecule has 1 heterocycles. The summed E-state index contributed by atoms with van der Waals surface area (Å²) in [6.07, 6.45) is 9.69. The molecule has 4 aliphatic rings. The van der Waals surface area contributed by atoms with Crippen LogP contribution in [0.5, 0.6) is 0 Å². The molecule has 0 unspecified atom stereocenters. The van der Waals surface area contributed by atoms with Gasteiger partial charge in [0.05, 0.1) is 0 Å². The lowest BCUT2D eigenvalue weighted by molar-refractivity contribution is -0.118. The van der Waals surface area contributed by atoms with Gasteiger partial charge in [0, 0.05) is 40.3 Å². The first kappa shape index (κ1) is 22.2. The molecule has 2 saturated carbocycles. The number of carbonyl (C=O) groups excluding carboxylic acids is 2. The van der Waals surface area contributed by atoms with Crippen molar-refractivity contribution < 1.29 is 9.59 Å². The summed E-state index contributed by atoms with van der Waals surface area (Å²) < 4.78 is 1.02. The summed E-state index contributed by atoms with van der Waals surface area (Å²) in [7, 11) is 0. The second-order valence-corrected chi connectivity index (χ2v) is 12.2. The molecule has 1 aromatic rings. The summed E-state index contributed by atoms with van der Waals surface area (Å²) in [6, 6.07) is 3.98. The average Bonchev–Trinajstić information content (AvgIpc) is 3.12. The number of anilines is 1. The van der Waals surface area contributed by atoms with Gasteiger partial charge in [-0.3, -0.25) is 9.69 Å². The number of likely N-dealkylation sites (tertiary alicyclic amines) is 1. The summed E-state index contributed by atoms with van der Waals surface area (Å²) in [4.78, 5) is 28.2. The lowest BCUT2D eigenvalue weighted by atomic mass is 9.50. The van der Waals surface area contributed by atoms with E-state index < -0.39 is 0 Å². The number of halogens is 1. The predicted octanol–water partition coefficient (Wildman–Crippen LogP) is 7.00. The molecular formula is C27H35BrN2O2. The van der Waals surface area contributed by atoms with Crippen LogP contribution in [-0.2, 0) is 4.79 Å². The zero-order valence-corrected chi connectivity index (χ0v) is 21.3. The van der Waals surface area contributed by atoms with E-state index >= 15 is 0 Å². The summed E-state index contributed by atoms with van der Waals surface area (Å²) in [5.74, 6) is 1.93. The molecule has 3 aliphatic carbocycles. The predicted molar refractivity (Wildman–Crippen MR) is 131 cm³/mol. The molecule has 0 bridgehead atoms. The monoisotopic (exact) mass is 498 g/mol. The highest BCUT2D eigenvalue weighted by atomic mass is 79.9. The number of piperidine rings is 1. The van der Waals surface area contributed by atoms with Crippen LogP contribution in [0.4, 0.5) is 10.5 Å². The van der Waals surface area contributed by atoms with Gasteiger partial charge in [-0.1, -0.05) is 36.2 Å². The average molecular weight is 499 g/mol. The summed E-state index contributed by atoms with van der Waals surface area (Å²) >= 11 is 3.55. The van der Waals surface area contributed by atoms with Gasteiger partial charge in [-0.2, -0.15) is 0 Å². The third-order valence-corrected chi connectivity index (χ3v) is 9.93. The fourth-order valence-corrected chi connectivity index (χ4v) is 8.46. The normalized spacial score (nSPS) is 36.2. The van der Waals surface area contributed by atoms with Crippen molar-refractivity contribution in [2.24, 2.45) is 28.6 Å². The van der Waals surface area contributed by atoms with E-state index in [4.69, 9.17) is 0 Å². The van der Waals surface area contributed by atoms with Crippen molar-refractivity contribution in [1.82, 2.24) is 4.90 Å². The van der Waals surface area contributed by atoms with E-state index in [9.17, 15) is 9.59 Å². The summed E-state index contributed by atoms with van der Waals surface area (Å²) in [5, 5.41) is 3.22. The van der Waals surface area contributed by atoms with E-state index in [1.807, 2.05) is 30.9 Å². The molecule has 32 heavy (non-hydrogen) atoms. The van der Waals surface area contributed by atoms with Gasteiger partial charge in [-0.15, -0.1) is 0 Å². The zero-order chi connectivity index (χ0) is 22.8. The minimum Gasteiger partial charge on any atom is -0.307 e. The van der Waals surface area contributed by atoms with Gasteiger partial charge in [0.15, 0.2) is 5.78 Å². The van der Waals surface area contributed by atoms with Crippen molar-refractivity contribution in [3.05, 3.63) is 39.5 Å². The quantitative estimate of drug-likeness (QED) is 0.452. The Morgan fingerprint density at radius 3 is 2.53 bits per heavy atom. The smallest absolute Gasteiger partial charge is 0.307 e. The SMILES string of the molecule is Cc1cc(Br)cc(C)c1NC(=O)N1C[C@H]2[C@@H]3CCC[C@@]3(C)CC[C@@H]2[C@@]2(C)CCC(=O)C=C12. The Morgan fingerprint density at radius 2 is 1.81 bits per heavy atom. The van der Waals surface area contributed by atoms with Gasteiger partial charge < -0.3 is 5.32 Å². The van der Waals surface area contributed by atoms with Gasteiger partial charge in [-0.25, -0.2) is 4.79 Å². The fraction of sp³-hybridized carbons (Fsp3) is 0.630. The largest absolute Gasteiger partial charge is 0.326 e. The molecule has 1 N–H and O–H groups in total. The number of nitrogens with one attached hydrogen (secondary N) is 1. The molecule has 0 spiro atoms. The van der Waals surface area contributed by atoms with Crippen LogP contribution in [0.2, 0.25) is 0 Å². The number of benzene rings is 1. The number of amides is 2. The topological polar surface area (TPSA) is 49.4 Å². The zero-order valence-electron chi connectivity index (χ0n) is 19.8. The third-order valence-electron chi connectivity index (χ3n) is 9.47. The van der Waals surface area contributed by atoms with Crippen molar-refractivity contribution in [3.8, 4) is 0 Å². The molecule has 1 aliphatic heterocycles. The van der Waals surface area contributed by atoms with Crippen LogP contribution in [0.15, 0.2) is 28.4 Å². The molecule has 1 saturated heterocycles. The number of hydrogen-bond donors (Lipinski definition) is 1. The van der Waals surface area contributed by atoms with Crippen LogP contribution >= 0.6 is 15.9 Å². The van der Waals surface area contributed by atoms with Crippen LogP contribution in [0.25, 0.3) is 0 Å². The number of allylic oxidation sites excluding steroid dienone is 2. The summed E-state index contributed by atoms with van der Waals surface area (Å²) in [6.45, 7) is 9.60. The van der Waals surface area contributed by atoms with E-state index in [1.54, 1.807) is 6.08 Å². The number of hydrogen-bond acceptors (Lipinski definition) is 2. The highest BCUT2D eigenvalue weighted by Gasteiger charge is 2.58. The lowest BCUT2D eigenvalue weighted by Crippen LogP contribution is -2.59. The van der Waals surface area contributed by atoms with Crippen LogP contribution in [0, 0.1) is 42.4 Å². The first-order valence-corrected chi connectivity index (χ1v) is 13.0. The van der Waals surface area contributed by atoms with Crippen molar-refractivity contribution in [3.63, 3.8) is 0 Å². The second kappa shape index (κ2) is 7.72. The van der Waals surface area contributed by atoms with E-state index in [1.165, 1.54) is 32.1 Å². The maximum Gasteiger partial charge on any atom is 0.326 e. The maximum atomic E-state index is 13.8. The van der Waals surface area contributed by atoms with E-state index in [0.29, 0.717) is 29.6 Å². The first-order chi connectivity index (χ1) is 15.1. The van der Waals surface area contributed by atoms with Crippen LogP contribution in [0.1, 0.15) is 69.9 Å². The number of nitrogens with zero attached hydrogens (tertiary/aromatic N) is 1. The summed E-state index contributed by atoms with van der Waals surface area (Å²) in [5.41, 5.74) is 4.24. The molecule has 5 heteroatoms. The molecule has 0 aromatic heterocycles. The Labute approximate surface area is 200 Å². The van der Waals surface area contributed by atoms with Gasteiger partial charge in [0.25, 0.3) is 0 Å². The number of urea groups is 1. The number of fused-ring (bicyclic) bond motifs is 5. The van der Waals surface area contributed by atoms with E-state index in [2.05, 4.69) is 35.1 Å². The molecular weight excluding hydrogens is 464 g/mol. The van der Waals surface area contributed by atoms with Gasteiger partial charge in [0.2, 0.25) is 0 Å². The number of rotatable bonds is 1. The van der Waals surface area contributed by atoms with Crippen LogP contribution < -0.4 is 5.32 Å². The second-order valence-electron chi connectivity index (χ2n) is 11.3. The maximum absolute atomic E-state index is 13.8. The molecule has 5 atom stereocenters. The highest BCUT2D eigenvalue weighted by molar-refractivity contribution is 9.10. The standard InChI is InChI=1S/C27H35BrN2O2/c1-16-12-18(28)13-17(2)24(16)29-25(32)30-15-20-21-6-5-9-26(21,3)10-8-22(20)27(4)11-7-19(31)14-23(27)30/h12-14,20-22H,5-11,15H2,1-4H3,(H,29,32)/t20-,21-,22-,26-,27+/m0/s1. The lowest BCUT2D eigenvalue weighted by Gasteiger charge is -2.59.